The summed E-state index contributed by atoms with van der Waals surface area (Å²) in [6.07, 6.45) is 0. The summed E-state index contributed by atoms with van der Waals surface area (Å²) in [5.41, 5.74) is 0. The lowest BCUT2D eigenvalue weighted by molar-refractivity contribution is -0.0181. The van der Waals surface area contributed by atoms with Gasteiger partial charge in [0.25, 0.3) is 0 Å². The van der Waals surface area contributed by atoms with Crippen molar-refractivity contribution in [2.75, 3.05) is 65.8 Å². The molecule has 0 amide bonds. The third kappa shape index (κ3) is 3.55. The van der Waals surface area contributed by atoms with E-state index in [2.05, 4.69) is 9.13 Å². The van der Waals surface area contributed by atoms with Crippen molar-refractivity contribution in [2.24, 2.45) is 0 Å². The number of morpholine rings is 2. The lowest BCUT2D eigenvalue weighted by atomic mass is 10.5. The molecule has 0 unspecified atom stereocenters. The van der Waals surface area contributed by atoms with Crippen molar-refractivity contribution in [2.45, 2.75) is 13.8 Å². The summed E-state index contributed by atoms with van der Waals surface area (Å²) in [6, 6.07) is 0. The molecule has 2 fully saturated rings. The minimum atomic E-state index is -2.49. The Bertz CT molecular complexity index is 232. The summed E-state index contributed by atoms with van der Waals surface area (Å²) in [5.74, 6) is 0. The average Bonchev–Trinajstić information content (AvgIpc) is 2.49. The van der Waals surface area contributed by atoms with E-state index in [1.165, 1.54) is 0 Å². The molecule has 7 heteroatoms. The van der Waals surface area contributed by atoms with Gasteiger partial charge in [-0.25, -0.2) is 0 Å². The van der Waals surface area contributed by atoms with Gasteiger partial charge in [-0.1, -0.05) is 0 Å². The van der Waals surface area contributed by atoms with E-state index in [-0.39, 0.29) is 0 Å². The van der Waals surface area contributed by atoms with E-state index < -0.39 is 8.88 Å². The Kier molecular flexibility index (Phi) is 6.21. The quantitative estimate of drug-likeness (QED) is 0.649. The van der Waals surface area contributed by atoms with Gasteiger partial charge in [-0.2, -0.15) is 0 Å². The second kappa shape index (κ2) is 7.68. The first-order valence-electron chi connectivity index (χ1n) is 7.27. The Hall–Kier alpha value is -0.0231. The molecule has 0 aromatic heterocycles. The van der Waals surface area contributed by atoms with Crippen molar-refractivity contribution in [1.29, 1.82) is 0 Å². The van der Waals surface area contributed by atoms with Crippen LogP contribution in [0.15, 0.2) is 0 Å². The van der Waals surface area contributed by atoms with E-state index in [1.54, 1.807) is 0 Å². The fraction of sp³-hybridized carbons (Fsp3) is 1.00. The van der Waals surface area contributed by atoms with Crippen LogP contribution >= 0.6 is 0 Å². The van der Waals surface area contributed by atoms with Gasteiger partial charge in [0.15, 0.2) is 0 Å². The number of hydrogen-bond acceptors (Lipinski definition) is 6. The van der Waals surface area contributed by atoms with Crippen molar-refractivity contribution in [1.82, 2.24) is 9.13 Å². The molecule has 0 radical (unpaired) electrons. The maximum Gasteiger partial charge on any atom is 0.522 e. The molecule has 0 aromatic rings. The van der Waals surface area contributed by atoms with E-state index in [1.807, 2.05) is 13.8 Å². The molecule has 6 nitrogen and oxygen atoms in total. The summed E-state index contributed by atoms with van der Waals surface area (Å²) in [6.45, 7) is 12.1. The van der Waals surface area contributed by atoms with Crippen molar-refractivity contribution in [3.8, 4) is 0 Å². The minimum absolute atomic E-state index is 0.681. The van der Waals surface area contributed by atoms with Crippen LogP contribution in [0.2, 0.25) is 0 Å². The number of rotatable bonds is 6. The lowest BCUT2D eigenvalue weighted by Crippen LogP contribution is -2.73. The molecule has 0 aromatic carbocycles. The highest BCUT2D eigenvalue weighted by Crippen LogP contribution is 2.22. The first kappa shape index (κ1) is 15.4. The predicted octanol–water partition coefficient (Wildman–Crippen LogP) is 0.159. The average molecular weight is 290 g/mol. The minimum Gasteiger partial charge on any atom is -0.379 e. The Balaban J connectivity index is 2.16. The second-order valence-electron chi connectivity index (χ2n) is 4.61. The summed E-state index contributed by atoms with van der Waals surface area (Å²) >= 11 is 0. The Labute approximate surface area is 117 Å². The summed E-state index contributed by atoms with van der Waals surface area (Å²) in [5, 5.41) is 0. The van der Waals surface area contributed by atoms with E-state index in [0.717, 1.165) is 52.6 Å². The molecular formula is C12H26N2O4Si. The number of ether oxygens (including phenoxy) is 2. The fourth-order valence-electron chi connectivity index (χ4n) is 2.67. The molecule has 0 bridgehead atoms. The van der Waals surface area contributed by atoms with E-state index in [4.69, 9.17) is 18.3 Å². The molecular weight excluding hydrogens is 264 g/mol. The molecule has 19 heavy (non-hydrogen) atoms. The van der Waals surface area contributed by atoms with Crippen LogP contribution in [-0.4, -0.2) is 83.8 Å². The van der Waals surface area contributed by atoms with Gasteiger partial charge in [0.2, 0.25) is 0 Å². The van der Waals surface area contributed by atoms with Crippen molar-refractivity contribution in [3.63, 3.8) is 0 Å². The molecule has 2 heterocycles. The highest BCUT2D eigenvalue weighted by atomic mass is 28.4. The smallest absolute Gasteiger partial charge is 0.379 e. The highest BCUT2D eigenvalue weighted by molar-refractivity contribution is 6.61. The SMILES string of the molecule is CCO[Si](OCC)(N1CCOCC1)N1CCOCC1. The third-order valence-electron chi connectivity index (χ3n) is 3.49. The second-order valence-corrected chi connectivity index (χ2v) is 7.55. The van der Waals surface area contributed by atoms with Crippen molar-refractivity contribution >= 4 is 8.88 Å². The van der Waals surface area contributed by atoms with Crippen LogP contribution < -0.4 is 0 Å². The molecule has 2 rings (SSSR count). The molecule has 0 N–H and O–H groups in total. The molecule has 0 aliphatic carbocycles. The van der Waals surface area contributed by atoms with Crippen molar-refractivity contribution < 1.29 is 18.3 Å². The Morgan fingerprint density at radius 1 is 0.789 bits per heavy atom. The van der Waals surface area contributed by atoms with E-state index in [0.29, 0.717) is 13.2 Å². The van der Waals surface area contributed by atoms with E-state index >= 15 is 0 Å². The molecule has 0 saturated carbocycles. The maximum atomic E-state index is 6.21. The molecule has 2 aliphatic heterocycles. The number of hydrogen-bond donors (Lipinski definition) is 0. The van der Waals surface area contributed by atoms with Crippen LogP contribution in [0.1, 0.15) is 13.8 Å². The molecule has 112 valence electrons. The van der Waals surface area contributed by atoms with Crippen LogP contribution in [0, 0.1) is 0 Å². The molecule has 2 saturated heterocycles. The van der Waals surface area contributed by atoms with Gasteiger partial charge in [-0.05, 0) is 13.8 Å². The first-order chi connectivity index (χ1) is 9.33. The van der Waals surface area contributed by atoms with Gasteiger partial charge in [0.1, 0.15) is 0 Å². The normalized spacial score (nSPS) is 23.7. The predicted molar refractivity (Wildman–Crippen MR) is 73.8 cm³/mol. The van der Waals surface area contributed by atoms with Gasteiger partial charge < -0.3 is 18.3 Å². The Morgan fingerprint density at radius 2 is 1.16 bits per heavy atom. The molecule has 0 atom stereocenters. The van der Waals surface area contributed by atoms with Crippen LogP contribution in [0.4, 0.5) is 0 Å². The Morgan fingerprint density at radius 3 is 1.47 bits per heavy atom. The zero-order valence-corrected chi connectivity index (χ0v) is 13.1. The largest absolute Gasteiger partial charge is 0.522 e. The first-order valence-corrected chi connectivity index (χ1v) is 8.98. The zero-order valence-electron chi connectivity index (χ0n) is 12.1. The standard InChI is InChI=1S/C12H26N2O4Si/c1-3-17-19(18-4-2,13-5-9-15-10-6-13)14-7-11-16-12-8-14/h3-12H2,1-2H3. The number of nitrogens with zero attached hydrogens (tertiary/aromatic N) is 2. The zero-order chi connectivity index (χ0) is 13.6. The highest BCUT2D eigenvalue weighted by Gasteiger charge is 2.52. The van der Waals surface area contributed by atoms with Gasteiger partial charge in [-0.15, -0.1) is 0 Å². The fourth-order valence-corrected chi connectivity index (χ4v) is 6.14. The van der Waals surface area contributed by atoms with E-state index in [9.17, 15) is 0 Å². The third-order valence-corrected chi connectivity index (χ3v) is 7.31. The molecule has 2 aliphatic rings. The summed E-state index contributed by atoms with van der Waals surface area (Å²) < 4.78 is 28.1. The van der Waals surface area contributed by atoms with Gasteiger partial charge in [0.05, 0.1) is 26.4 Å². The van der Waals surface area contributed by atoms with Crippen LogP contribution in [0.25, 0.3) is 0 Å². The van der Waals surface area contributed by atoms with Crippen LogP contribution in [0.5, 0.6) is 0 Å². The monoisotopic (exact) mass is 290 g/mol. The van der Waals surface area contributed by atoms with Crippen LogP contribution in [-0.2, 0) is 18.3 Å². The van der Waals surface area contributed by atoms with Gasteiger partial charge in [-0.3, -0.25) is 9.13 Å². The maximum absolute atomic E-state index is 6.21. The van der Waals surface area contributed by atoms with Gasteiger partial charge in [0, 0.05) is 39.4 Å². The molecule has 0 spiro atoms. The lowest BCUT2D eigenvalue weighted by Gasteiger charge is -2.47. The van der Waals surface area contributed by atoms with Crippen LogP contribution in [0.3, 0.4) is 0 Å². The summed E-state index contributed by atoms with van der Waals surface area (Å²) in [7, 11) is -2.49. The van der Waals surface area contributed by atoms with Gasteiger partial charge >= 0.3 is 8.88 Å². The van der Waals surface area contributed by atoms with Crippen molar-refractivity contribution in [3.05, 3.63) is 0 Å². The topological polar surface area (TPSA) is 43.4 Å². The summed E-state index contributed by atoms with van der Waals surface area (Å²) in [4.78, 5) is 0.